The molecular formula is C17H37N5O. The quantitative estimate of drug-likeness (QED) is 0.559. The van der Waals surface area contributed by atoms with Crippen molar-refractivity contribution >= 4 is 5.96 Å². The molecule has 2 atom stereocenters. The fraction of sp³-hybridized carbons (Fsp3) is 0.941. The summed E-state index contributed by atoms with van der Waals surface area (Å²) < 4.78 is 5.58. The molecule has 0 bridgehead atoms. The van der Waals surface area contributed by atoms with Crippen LogP contribution in [0.2, 0.25) is 0 Å². The summed E-state index contributed by atoms with van der Waals surface area (Å²) >= 11 is 0. The second-order valence-electron chi connectivity index (χ2n) is 7.61. The smallest absolute Gasteiger partial charge is 0.191 e. The standard InChI is InChI=1S/C17H37N5O/c1-14(22-10-8-21(6)9-11-22)12-19-16(18-5)20-13-15(23-7)17(2,3)4/h14-15H,8-13H2,1-7H3,(H2,18,19,20). The maximum Gasteiger partial charge on any atom is 0.191 e. The molecule has 1 saturated heterocycles. The Bertz CT molecular complexity index is 358. The van der Waals surface area contributed by atoms with Crippen molar-refractivity contribution in [1.29, 1.82) is 0 Å². The van der Waals surface area contributed by atoms with Crippen LogP contribution in [0.25, 0.3) is 0 Å². The van der Waals surface area contributed by atoms with E-state index in [1.807, 2.05) is 7.05 Å². The summed E-state index contributed by atoms with van der Waals surface area (Å²) in [6, 6.07) is 0.503. The van der Waals surface area contributed by atoms with Crippen LogP contribution in [0, 0.1) is 5.41 Å². The highest BCUT2D eigenvalue weighted by atomic mass is 16.5. The molecule has 1 fully saturated rings. The normalized spacial score (nSPS) is 21.1. The van der Waals surface area contributed by atoms with Crippen molar-refractivity contribution in [3.05, 3.63) is 0 Å². The van der Waals surface area contributed by atoms with Crippen molar-refractivity contribution in [1.82, 2.24) is 20.4 Å². The Morgan fingerprint density at radius 2 is 1.70 bits per heavy atom. The maximum atomic E-state index is 5.58. The van der Waals surface area contributed by atoms with Gasteiger partial charge in [-0.2, -0.15) is 0 Å². The molecular weight excluding hydrogens is 290 g/mol. The van der Waals surface area contributed by atoms with Gasteiger partial charge in [-0.25, -0.2) is 0 Å². The third kappa shape index (κ3) is 7.06. The summed E-state index contributed by atoms with van der Waals surface area (Å²) in [5.74, 6) is 0.845. The van der Waals surface area contributed by atoms with E-state index in [1.165, 1.54) is 0 Å². The fourth-order valence-electron chi connectivity index (χ4n) is 2.79. The fourth-order valence-corrected chi connectivity index (χ4v) is 2.79. The molecule has 1 rings (SSSR count). The van der Waals surface area contributed by atoms with Gasteiger partial charge in [-0.05, 0) is 19.4 Å². The summed E-state index contributed by atoms with van der Waals surface area (Å²) in [5, 5.41) is 6.82. The Hall–Kier alpha value is -0.850. The first-order valence-electron chi connectivity index (χ1n) is 8.67. The lowest BCUT2D eigenvalue weighted by molar-refractivity contribution is 0.0205. The molecule has 6 nitrogen and oxygen atoms in total. The summed E-state index contributed by atoms with van der Waals surface area (Å²) in [7, 11) is 5.77. The number of likely N-dealkylation sites (N-methyl/N-ethyl adjacent to an activating group) is 1. The van der Waals surface area contributed by atoms with Crippen LogP contribution in [-0.2, 0) is 4.74 Å². The van der Waals surface area contributed by atoms with Crippen molar-refractivity contribution < 1.29 is 4.74 Å². The number of nitrogens with one attached hydrogen (secondary N) is 2. The van der Waals surface area contributed by atoms with Gasteiger partial charge in [-0.1, -0.05) is 20.8 Å². The molecule has 0 amide bonds. The minimum atomic E-state index is 0.105. The summed E-state index contributed by atoms with van der Waals surface area (Å²) in [6.45, 7) is 15.1. The van der Waals surface area contributed by atoms with E-state index in [9.17, 15) is 0 Å². The van der Waals surface area contributed by atoms with Crippen LogP contribution in [0.1, 0.15) is 27.7 Å². The van der Waals surface area contributed by atoms with Crippen molar-refractivity contribution in [3.63, 3.8) is 0 Å². The third-order valence-corrected chi connectivity index (χ3v) is 4.66. The SMILES string of the molecule is CN=C(NCC(C)N1CCN(C)CC1)NCC(OC)C(C)(C)C. The molecule has 0 aromatic heterocycles. The van der Waals surface area contributed by atoms with E-state index >= 15 is 0 Å². The first-order chi connectivity index (χ1) is 10.8. The topological polar surface area (TPSA) is 52.1 Å². The number of ether oxygens (including phenoxy) is 1. The van der Waals surface area contributed by atoms with Crippen molar-refractivity contribution in [2.75, 3.05) is 60.5 Å². The number of hydrogen-bond acceptors (Lipinski definition) is 4. The predicted octanol–water partition coefficient (Wildman–Crippen LogP) is 0.848. The van der Waals surface area contributed by atoms with Crippen LogP contribution in [0.5, 0.6) is 0 Å². The Kier molecular flexibility index (Phi) is 8.29. The van der Waals surface area contributed by atoms with Crippen LogP contribution < -0.4 is 10.6 Å². The van der Waals surface area contributed by atoms with Gasteiger partial charge in [-0.3, -0.25) is 9.89 Å². The molecule has 0 saturated carbocycles. The third-order valence-electron chi connectivity index (χ3n) is 4.66. The first kappa shape index (κ1) is 20.2. The van der Waals surface area contributed by atoms with E-state index in [0.29, 0.717) is 6.04 Å². The van der Waals surface area contributed by atoms with E-state index < -0.39 is 0 Å². The molecule has 2 unspecified atom stereocenters. The largest absolute Gasteiger partial charge is 0.379 e. The van der Waals surface area contributed by atoms with Gasteiger partial charge < -0.3 is 20.3 Å². The molecule has 6 heteroatoms. The molecule has 23 heavy (non-hydrogen) atoms. The van der Waals surface area contributed by atoms with E-state index in [1.54, 1.807) is 7.11 Å². The second kappa shape index (κ2) is 9.45. The van der Waals surface area contributed by atoms with Gasteiger partial charge in [0, 0.05) is 59.5 Å². The Morgan fingerprint density at radius 1 is 1.13 bits per heavy atom. The monoisotopic (exact) mass is 327 g/mol. The van der Waals surface area contributed by atoms with Gasteiger partial charge >= 0.3 is 0 Å². The minimum Gasteiger partial charge on any atom is -0.379 e. The molecule has 0 aliphatic carbocycles. The molecule has 0 aromatic carbocycles. The lowest BCUT2D eigenvalue weighted by Crippen LogP contribution is -2.53. The van der Waals surface area contributed by atoms with E-state index in [-0.39, 0.29) is 11.5 Å². The molecule has 1 heterocycles. The number of rotatable bonds is 6. The predicted molar refractivity (Wildman–Crippen MR) is 98.1 cm³/mol. The zero-order valence-electron chi connectivity index (χ0n) is 16.1. The maximum absolute atomic E-state index is 5.58. The van der Waals surface area contributed by atoms with Gasteiger partial charge in [0.2, 0.25) is 0 Å². The molecule has 0 aromatic rings. The lowest BCUT2D eigenvalue weighted by atomic mass is 9.89. The number of hydrogen-bond donors (Lipinski definition) is 2. The van der Waals surface area contributed by atoms with Gasteiger partial charge in [0.05, 0.1) is 6.10 Å². The zero-order chi connectivity index (χ0) is 17.5. The van der Waals surface area contributed by atoms with Crippen LogP contribution in [0.4, 0.5) is 0 Å². The van der Waals surface area contributed by atoms with Crippen LogP contribution in [0.3, 0.4) is 0 Å². The summed E-state index contributed by atoms with van der Waals surface area (Å²) in [5.41, 5.74) is 0.105. The molecule has 0 spiro atoms. The van der Waals surface area contributed by atoms with Gasteiger partial charge in [0.1, 0.15) is 0 Å². The molecule has 0 radical (unpaired) electrons. The average Bonchev–Trinajstić information content (AvgIpc) is 2.50. The zero-order valence-corrected chi connectivity index (χ0v) is 16.1. The van der Waals surface area contributed by atoms with Crippen LogP contribution in [0.15, 0.2) is 4.99 Å². The van der Waals surface area contributed by atoms with Crippen molar-refractivity contribution in [3.8, 4) is 0 Å². The van der Waals surface area contributed by atoms with E-state index in [0.717, 1.165) is 45.2 Å². The lowest BCUT2D eigenvalue weighted by Gasteiger charge is -2.36. The van der Waals surface area contributed by atoms with Gasteiger partial charge in [0.15, 0.2) is 5.96 Å². The van der Waals surface area contributed by atoms with Crippen LogP contribution >= 0.6 is 0 Å². The highest BCUT2D eigenvalue weighted by Gasteiger charge is 2.24. The number of guanidine groups is 1. The number of nitrogens with zero attached hydrogens (tertiary/aromatic N) is 3. The van der Waals surface area contributed by atoms with E-state index in [4.69, 9.17) is 4.74 Å². The number of methoxy groups -OCH3 is 1. The molecule has 2 N–H and O–H groups in total. The van der Waals surface area contributed by atoms with Crippen molar-refractivity contribution in [2.45, 2.75) is 39.8 Å². The molecule has 1 aliphatic rings. The number of piperazine rings is 1. The number of aliphatic imine (C=N–C) groups is 1. The first-order valence-corrected chi connectivity index (χ1v) is 8.67. The van der Waals surface area contributed by atoms with Gasteiger partial charge in [0.25, 0.3) is 0 Å². The Balaban J connectivity index is 2.36. The minimum absolute atomic E-state index is 0.105. The molecule has 1 aliphatic heterocycles. The summed E-state index contributed by atoms with van der Waals surface area (Å²) in [4.78, 5) is 9.24. The Morgan fingerprint density at radius 3 is 2.17 bits per heavy atom. The van der Waals surface area contributed by atoms with Crippen LogP contribution in [-0.4, -0.2) is 88.4 Å². The highest BCUT2D eigenvalue weighted by Crippen LogP contribution is 2.20. The van der Waals surface area contributed by atoms with E-state index in [2.05, 4.69) is 60.2 Å². The highest BCUT2D eigenvalue weighted by molar-refractivity contribution is 5.79. The van der Waals surface area contributed by atoms with Crippen molar-refractivity contribution in [2.24, 2.45) is 10.4 Å². The average molecular weight is 328 g/mol. The summed E-state index contributed by atoms with van der Waals surface area (Å²) in [6.07, 6.45) is 0.149. The Labute approximate surface area is 142 Å². The van der Waals surface area contributed by atoms with Gasteiger partial charge in [-0.15, -0.1) is 0 Å². The molecule has 136 valence electrons. The second-order valence-corrected chi connectivity index (χ2v) is 7.61.